The van der Waals surface area contributed by atoms with Crippen LogP contribution in [0.1, 0.15) is 20.8 Å². The highest BCUT2D eigenvalue weighted by atomic mass is 16.6. The van der Waals surface area contributed by atoms with Crippen LogP contribution in [-0.4, -0.2) is 62.5 Å². The summed E-state index contributed by atoms with van der Waals surface area (Å²) in [7, 11) is 2.60. The van der Waals surface area contributed by atoms with Gasteiger partial charge in [0, 0.05) is 39.7 Å². The van der Waals surface area contributed by atoms with E-state index in [0.717, 1.165) is 0 Å². The summed E-state index contributed by atoms with van der Waals surface area (Å²) in [6, 6.07) is 0. The van der Waals surface area contributed by atoms with Gasteiger partial charge in [0.25, 0.3) is 0 Å². The van der Waals surface area contributed by atoms with Crippen molar-refractivity contribution in [1.82, 2.24) is 0 Å². The van der Waals surface area contributed by atoms with Crippen LogP contribution in [0.15, 0.2) is 0 Å². The molecule has 2 aliphatic carbocycles. The van der Waals surface area contributed by atoms with E-state index < -0.39 is 66.0 Å². The molecular formula is C16H22O9. The van der Waals surface area contributed by atoms with E-state index >= 15 is 0 Å². The quantitative estimate of drug-likeness (QED) is 0.488. The molecule has 25 heavy (non-hydrogen) atoms. The molecule has 0 saturated heterocycles. The predicted molar refractivity (Wildman–Crippen MR) is 79.9 cm³/mol. The van der Waals surface area contributed by atoms with E-state index in [1.807, 2.05) is 0 Å². The fraction of sp³-hybridized carbons (Fsp3) is 0.750. The van der Waals surface area contributed by atoms with Crippen LogP contribution in [0.2, 0.25) is 0 Å². The Balaban J connectivity index is 2.41. The van der Waals surface area contributed by atoms with Gasteiger partial charge in [-0.25, -0.2) is 0 Å². The van der Waals surface area contributed by atoms with Crippen molar-refractivity contribution in [3.8, 4) is 0 Å². The molecule has 9 nitrogen and oxygen atoms in total. The molecule has 140 valence electrons. The largest absolute Gasteiger partial charge is 0.469 e. The average molecular weight is 358 g/mol. The first-order valence-corrected chi connectivity index (χ1v) is 7.85. The van der Waals surface area contributed by atoms with Crippen LogP contribution in [-0.2, 0) is 42.9 Å². The molecule has 0 N–H and O–H groups in total. The van der Waals surface area contributed by atoms with E-state index in [1.165, 1.54) is 35.0 Å². The lowest BCUT2D eigenvalue weighted by Gasteiger charge is -2.39. The molecule has 0 bridgehead atoms. The van der Waals surface area contributed by atoms with E-state index in [0.29, 0.717) is 0 Å². The molecule has 2 fully saturated rings. The van der Waals surface area contributed by atoms with Gasteiger partial charge in [-0.1, -0.05) is 0 Å². The van der Waals surface area contributed by atoms with Crippen LogP contribution in [0.4, 0.5) is 0 Å². The van der Waals surface area contributed by atoms with Crippen molar-refractivity contribution in [2.75, 3.05) is 14.2 Å². The number of fused-ring (bicyclic) bond motifs is 1. The topological polar surface area (TPSA) is 114 Å². The molecule has 0 aromatic heterocycles. The summed E-state index contributed by atoms with van der Waals surface area (Å²) in [5.74, 6) is -3.85. The zero-order valence-corrected chi connectivity index (χ0v) is 14.7. The van der Waals surface area contributed by atoms with E-state index in [4.69, 9.17) is 23.7 Å². The van der Waals surface area contributed by atoms with Gasteiger partial charge in [-0.05, 0) is 0 Å². The SMILES string of the molecule is COC(=O)[C@@H]1[C@H]2[C@@H](OC(C)=O)[C@H](OC(C)=O)[C@@H](OC)[C@H](OC(C)=O)[C@@H]12. The van der Waals surface area contributed by atoms with E-state index in [-0.39, 0.29) is 0 Å². The highest BCUT2D eigenvalue weighted by Crippen LogP contribution is 2.58. The van der Waals surface area contributed by atoms with E-state index in [2.05, 4.69) is 0 Å². The number of rotatable bonds is 5. The highest BCUT2D eigenvalue weighted by molar-refractivity contribution is 5.78. The predicted octanol–water partition coefficient (Wildman–Crippen LogP) is -0.155. The Morgan fingerprint density at radius 3 is 1.40 bits per heavy atom. The van der Waals surface area contributed by atoms with Crippen LogP contribution < -0.4 is 0 Å². The summed E-state index contributed by atoms with van der Waals surface area (Å²) < 4.78 is 26.1. The summed E-state index contributed by atoms with van der Waals surface area (Å²) in [5, 5.41) is 0. The second-order valence-electron chi connectivity index (χ2n) is 6.13. The monoisotopic (exact) mass is 358 g/mol. The summed E-state index contributed by atoms with van der Waals surface area (Å²) in [6.07, 6.45) is -3.61. The Morgan fingerprint density at radius 1 is 0.640 bits per heavy atom. The summed E-state index contributed by atoms with van der Waals surface area (Å²) in [6.45, 7) is 3.65. The van der Waals surface area contributed by atoms with Gasteiger partial charge >= 0.3 is 23.9 Å². The van der Waals surface area contributed by atoms with Crippen LogP contribution in [0.5, 0.6) is 0 Å². The van der Waals surface area contributed by atoms with Gasteiger partial charge in [0.15, 0.2) is 6.10 Å². The number of hydrogen-bond acceptors (Lipinski definition) is 9. The zero-order valence-electron chi connectivity index (χ0n) is 14.7. The zero-order chi connectivity index (χ0) is 18.9. The molecule has 2 saturated carbocycles. The number of carbonyl (C=O) groups excluding carboxylic acids is 4. The minimum absolute atomic E-state index is 0.447. The van der Waals surface area contributed by atoms with Crippen molar-refractivity contribution < 1.29 is 42.9 Å². The molecule has 0 amide bonds. The fourth-order valence-electron chi connectivity index (χ4n) is 3.74. The van der Waals surface area contributed by atoms with Crippen molar-refractivity contribution in [1.29, 1.82) is 0 Å². The van der Waals surface area contributed by atoms with Crippen LogP contribution in [0.25, 0.3) is 0 Å². The number of esters is 4. The summed E-state index contributed by atoms with van der Waals surface area (Å²) >= 11 is 0. The molecule has 2 aliphatic rings. The lowest BCUT2D eigenvalue weighted by molar-refractivity contribution is -0.205. The van der Waals surface area contributed by atoms with E-state index in [9.17, 15) is 19.2 Å². The van der Waals surface area contributed by atoms with Gasteiger partial charge < -0.3 is 23.7 Å². The van der Waals surface area contributed by atoms with Gasteiger partial charge in [-0.15, -0.1) is 0 Å². The minimum atomic E-state index is -1.01. The normalized spacial score (nSPS) is 35.8. The van der Waals surface area contributed by atoms with Gasteiger partial charge in [0.2, 0.25) is 0 Å². The Hall–Kier alpha value is -2.16. The fourth-order valence-corrected chi connectivity index (χ4v) is 3.74. The molecule has 7 atom stereocenters. The molecule has 0 aliphatic heterocycles. The maximum Gasteiger partial charge on any atom is 0.309 e. The Labute approximate surface area is 144 Å². The third kappa shape index (κ3) is 3.76. The molecule has 0 radical (unpaired) electrons. The van der Waals surface area contributed by atoms with Crippen molar-refractivity contribution in [2.24, 2.45) is 17.8 Å². The van der Waals surface area contributed by atoms with Crippen molar-refractivity contribution in [3.05, 3.63) is 0 Å². The van der Waals surface area contributed by atoms with Gasteiger partial charge in [-0.3, -0.25) is 19.2 Å². The molecular weight excluding hydrogens is 336 g/mol. The average Bonchev–Trinajstić information content (AvgIpc) is 3.24. The number of methoxy groups -OCH3 is 2. The number of ether oxygens (including phenoxy) is 5. The first kappa shape index (κ1) is 19.2. The van der Waals surface area contributed by atoms with Gasteiger partial charge in [0.05, 0.1) is 13.0 Å². The Bertz CT molecular complexity index is 572. The van der Waals surface area contributed by atoms with Crippen molar-refractivity contribution in [2.45, 2.75) is 45.2 Å². The Morgan fingerprint density at radius 2 is 1.04 bits per heavy atom. The van der Waals surface area contributed by atoms with Gasteiger partial charge in [0.1, 0.15) is 18.3 Å². The van der Waals surface area contributed by atoms with Crippen molar-refractivity contribution >= 4 is 23.9 Å². The van der Waals surface area contributed by atoms with Crippen molar-refractivity contribution in [3.63, 3.8) is 0 Å². The van der Waals surface area contributed by atoms with Gasteiger partial charge in [-0.2, -0.15) is 0 Å². The molecule has 0 aromatic rings. The van der Waals surface area contributed by atoms with Crippen LogP contribution in [0, 0.1) is 17.8 Å². The highest BCUT2D eigenvalue weighted by Gasteiger charge is 2.72. The minimum Gasteiger partial charge on any atom is -0.469 e. The molecule has 2 rings (SSSR count). The molecule has 0 spiro atoms. The lowest BCUT2D eigenvalue weighted by Crippen LogP contribution is -2.56. The maximum atomic E-state index is 12.1. The second kappa shape index (κ2) is 7.38. The lowest BCUT2D eigenvalue weighted by atomic mass is 9.89. The van der Waals surface area contributed by atoms with Crippen LogP contribution >= 0.6 is 0 Å². The second-order valence-corrected chi connectivity index (χ2v) is 6.13. The molecule has 0 unspecified atom stereocenters. The molecule has 9 heteroatoms. The first-order valence-electron chi connectivity index (χ1n) is 7.85. The van der Waals surface area contributed by atoms with Crippen LogP contribution in [0.3, 0.4) is 0 Å². The molecule has 0 aromatic carbocycles. The van der Waals surface area contributed by atoms with E-state index in [1.54, 1.807) is 0 Å². The first-order chi connectivity index (χ1) is 11.7. The number of carbonyl (C=O) groups is 4. The third-order valence-corrected chi connectivity index (χ3v) is 4.51. The summed E-state index contributed by atoms with van der Waals surface area (Å²) in [5.41, 5.74) is 0. The number of hydrogen-bond donors (Lipinski definition) is 0. The third-order valence-electron chi connectivity index (χ3n) is 4.51. The standard InChI is InChI=1S/C16H22O9/c1-6(17)23-12-9-10(11(9)16(20)22-5)13(24-7(2)18)15(14(12)21-4)25-8(3)19/h9-15H,1-5H3/t9-,10+,11+,12-,13-,14+,15+/m1/s1. The maximum absolute atomic E-state index is 12.1. The Kier molecular flexibility index (Phi) is 5.66. The summed E-state index contributed by atoms with van der Waals surface area (Å²) in [4.78, 5) is 46.6. The molecule has 0 heterocycles. The smallest absolute Gasteiger partial charge is 0.309 e.